The molecule has 1 aromatic heterocycles. The number of hydrogen-bond donors (Lipinski definition) is 1. The minimum absolute atomic E-state index is 0.562. The molecule has 0 spiro atoms. The third kappa shape index (κ3) is 3.46. The first-order valence-corrected chi connectivity index (χ1v) is 5.28. The van der Waals surface area contributed by atoms with Crippen molar-refractivity contribution < 1.29 is 4.42 Å². The molecule has 0 bridgehead atoms. The van der Waals surface area contributed by atoms with Crippen molar-refractivity contribution >= 4 is 0 Å². The number of rotatable bonds is 6. The monoisotopic (exact) mass is 197 g/mol. The van der Waals surface area contributed by atoms with Gasteiger partial charge in [-0.2, -0.15) is 0 Å². The Morgan fingerprint density at radius 3 is 2.64 bits per heavy atom. The van der Waals surface area contributed by atoms with Crippen molar-refractivity contribution in [3.8, 4) is 0 Å². The zero-order valence-electron chi connectivity index (χ0n) is 9.21. The molecule has 0 amide bonds. The largest absolute Gasteiger partial charge is 0.424 e. The van der Waals surface area contributed by atoms with Crippen LogP contribution in [0.1, 0.15) is 44.9 Å². The molecular weight excluding hydrogens is 178 g/mol. The molecule has 0 aliphatic carbocycles. The van der Waals surface area contributed by atoms with Gasteiger partial charge in [0, 0.05) is 13.0 Å². The highest BCUT2D eigenvalue weighted by Gasteiger charge is 2.06. The third-order valence-electron chi connectivity index (χ3n) is 2.24. The number of nitrogens with zero attached hydrogens (tertiary/aromatic N) is 2. The normalized spacial score (nSPS) is 13.1. The van der Waals surface area contributed by atoms with E-state index < -0.39 is 0 Å². The van der Waals surface area contributed by atoms with Gasteiger partial charge in [0.25, 0.3) is 0 Å². The van der Waals surface area contributed by atoms with Gasteiger partial charge in [-0.25, -0.2) is 0 Å². The Labute approximate surface area is 85.1 Å². The maximum Gasteiger partial charge on any atom is 0.230 e. The van der Waals surface area contributed by atoms with Gasteiger partial charge in [-0.15, -0.1) is 10.2 Å². The number of nitrogens with one attached hydrogen (secondary N) is 1. The lowest BCUT2D eigenvalue weighted by molar-refractivity contribution is 0.401. The lowest BCUT2D eigenvalue weighted by atomic mass is 10.1. The maximum atomic E-state index is 5.27. The van der Waals surface area contributed by atoms with Gasteiger partial charge in [-0.1, -0.05) is 20.3 Å². The van der Waals surface area contributed by atoms with Crippen LogP contribution in [-0.2, 0) is 6.54 Å². The fourth-order valence-electron chi connectivity index (χ4n) is 1.44. The Bertz CT molecular complexity index is 260. The van der Waals surface area contributed by atoms with Crippen molar-refractivity contribution in [1.29, 1.82) is 0 Å². The molecule has 1 N–H and O–H groups in total. The van der Waals surface area contributed by atoms with E-state index in [2.05, 4.69) is 29.4 Å². The van der Waals surface area contributed by atoms with E-state index in [0.29, 0.717) is 24.4 Å². The summed E-state index contributed by atoms with van der Waals surface area (Å²) in [6.45, 7) is 6.87. The molecule has 14 heavy (non-hydrogen) atoms. The predicted molar refractivity (Wildman–Crippen MR) is 54.9 cm³/mol. The lowest BCUT2D eigenvalue weighted by Crippen LogP contribution is -2.27. The highest BCUT2D eigenvalue weighted by Crippen LogP contribution is 2.03. The molecule has 0 saturated heterocycles. The predicted octanol–water partition coefficient (Wildman–Crippen LogP) is 2.05. The first kappa shape index (κ1) is 11.2. The van der Waals surface area contributed by atoms with Gasteiger partial charge in [0.1, 0.15) is 0 Å². The molecule has 80 valence electrons. The highest BCUT2D eigenvalue weighted by atomic mass is 16.4. The van der Waals surface area contributed by atoms with Crippen LogP contribution in [0.4, 0.5) is 0 Å². The number of hydrogen-bond acceptors (Lipinski definition) is 4. The van der Waals surface area contributed by atoms with E-state index in [1.54, 1.807) is 6.92 Å². The van der Waals surface area contributed by atoms with Crippen molar-refractivity contribution in [1.82, 2.24) is 15.5 Å². The van der Waals surface area contributed by atoms with Crippen LogP contribution in [0.5, 0.6) is 0 Å². The Hall–Kier alpha value is -0.900. The Balaban J connectivity index is 2.31. The summed E-state index contributed by atoms with van der Waals surface area (Å²) in [5.74, 6) is 1.31. The average molecular weight is 197 g/mol. The minimum Gasteiger partial charge on any atom is -0.424 e. The summed E-state index contributed by atoms with van der Waals surface area (Å²) in [6, 6.07) is 0.562. The van der Waals surface area contributed by atoms with E-state index in [-0.39, 0.29) is 0 Å². The van der Waals surface area contributed by atoms with Gasteiger partial charge >= 0.3 is 0 Å². The van der Waals surface area contributed by atoms with Crippen molar-refractivity contribution in [3.63, 3.8) is 0 Å². The second-order valence-corrected chi connectivity index (χ2v) is 3.49. The molecule has 1 heterocycles. The van der Waals surface area contributed by atoms with Gasteiger partial charge in [0.05, 0.1) is 6.54 Å². The molecule has 4 nitrogen and oxygen atoms in total. The van der Waals surface area contributed by atoms with Crippen molar-refractivity contribution in [2.45, 2.75) is 52.6 Å². The molecule has 0 aliphatic heterocycles. The topological polar surface area (TPSA) is 51.0 Å². The van der Waals surface area contributed by atoms with Crippen LogP contribution in [0.3, 0.4) is 0 Å². The quantitative estimate of drug-likeness (QED) is 0.758. The Morgan fingerprint density at radius 1 is 1.36 bits per heavy atom. The summed E-state index contributed by atoms with van der Waals surface area (Å²) in [5.41, 5.74) is 0. The zero-order chi connectivity index (χ0) is 10.4. The van der Waals surface area contributed by atoms with Crippen LogP contribution >= 0.6 is 0 Å². The lowest BCUT2D eigenvalue weighted by Gasteiger charge is -2.13. The molecule has 1 rings (SSSR count). The van der Waals surface area contributed by atoms with E-state index in [1.165, 1.54) is 12.8 Å². The van der Waals surface area contributed by atoms with Gasteiger partial charge in [-0.05, 0) is 12.8 Å². The average Bonchev–Trinajstić information content (AvgIpc) is 2.59. The molecule has 0 aliphatic rings. The molecule has 0 aromatic carbocycles. The maximum absolute atomic E-state index is 5.27. The van der Waals surface area contributed by atoms with Crippen LogP contribution in [0, 0.1) is 6.92 Å². The van der Waals surface area contributed by atoms with Crippen LogP contribution in [0.25, 0.3) is 0 Å². The summed E-state index contributed by atoms with van der Waals surface area (Å²) in [6.07, 6.45) is 3.54. The molecular formula is C10H19N3O. The molecule has 0 saturated carbocycles. The SMILES string of the molecule is CCCC(CC)NCc1nnc(C)o1. The van der Waals surface area contributed by atoms with Crippen LogP contribution < -0.4 is 5.32 Å². The van der Waals surface area contributed by atoms with Gasteiger partial charge in [0.15, 0.2) is 0 Å². The van der Waals surface area contributed by atoms with Gasteiger partial charge < -0.3 is 9.73 Å². The summed E-state index contributed by atoms with van der Waals surface area (Å²) in [4.78, 5) is 0. The van der Waals surface area contributed by atoms with Crippen molar-refractivity contribution in [2.75, 3.05) is 0 Å². The number of aromatic nitrogens is 2. The molecule has 0 radical (unpaired) electrons. The molecule has 1 atom stereocenters. The van der Waals surface area contributed by atoms with Crippen molar-refractivity contribution in [3.05, 3.63) is 11.8 Å². The van der Waals surface area contributed by atoms with E-state index in [4.69, 9.17) is 4.42 Å². The van der Waals surface area contributed by atoms with E-state index in [9.17, 15) is 0 Å². The van der Waals surface area contributed by atoms with Crippen LogP contribution in [0.15, 0.2) is 4.42 Å². The first-order chi connectivity index (χ1) is 6.76. The smallest absolute Gasteiger partial charge is 0.230 e. The summed E-state index contributed by atoms with van der Waals surface area (Å²) >= 11 is 0. The van der Waals surface area contributed by atoms with Crippen LogP contribution in [-0.4, -0.2) is 16.2 Å². The first-order valence-electron chi connectivity index (χ1n) is 5.28. The van der Waals surface area contributed by atoms with Crippen molar-refractivity contribution in [2.24, 2.45) is 0 Å². The molecule has 1 unspecified atom stereocenters. The number of aryl methyl sites for hydroxylation is 1. The second kappa shape index (κ2) is 5.75. The summed E-state index contributed by atoms with van der Waals surface area (Å²) in [5, 5.41) is 11.1. The molecule has 4 heteroatoms. The van der Waals surface area contributed by atoms with Gasteiger partial charge in [-0.3, -0.25) is 0 Å². The zero-order valence-corrected chi connectivity index (χ0v) is 9.21. The third-order valence-corrected chi connectivity index (χ3v) is 2.24. The molecule has 0 fully saturated rings. The van der Waals surface area contributed by atoms with E-state index in [0.717, 1.165) is 6.42 Å². The van der Waals surface area contributed by atoms with E-state index >= 15 is 0 Å². The summed E-state index contributed by atoms with van der Waals surface area (Å²) in [7, 11) is 0. The standard InChI is InChI=1S/C10H19N3O/c1-4-6-9(5-2)11-7-10-13-12-8(3)14-10/h9,11H,4-7H2,1-3H3. The fraction of sp³-hybridized carbons (Fsp3) is 0.800. The minimum atomic E-state index is 0.562. The van der Waals surface area contributed by atoms with E-state index in [1.807, 2.05) is 0 Å². The van der Waals surface area contributed by atoms with Gasteiger partial charge in [0.2, 0.25) is 11.8 Å². The fourth-order valence-corrected chi connectivity index (χ4v) is 1.44. The molecule has 1 aromatic rings. The highest BCUT2D eigenvalue weighted by molar-refractivity contribution is 4.79. The summed E-state index contributed by atoms with van der Waals surface area (Å²) < 4.78 is 5.27. The Morgan fingerprint density at radius 2 is 2.14 bits per heavy atom. The van der Waals surface area contributed by atoms with Crippen LogP contribution in [0.2, 0.25) is 0 Å². The second-order valence-electron chi connectivity index (χ2n) is 3.49. The Kier molecular flexibility index (Phi) is 4.59.